The number of fused-ring (bicyclic) bond motifs is 3. The van der Waals surface area contributed by atoms with Gasteiger partial charge in [-0.2, -0.15) is 13.2 Å². The lowest BCUT2D eigenvalue weighted by Gasteiger charge is -2.31. The Hall–Kier alpha value is -2.12. The highest BCUT2D eigenvalue weighted by atomic mass is 19.4. The number of halogens is 3. The fourth-order valence-electron chi connectivity index (χ4n) is 4.47. The van der Waals surface area contributed by atoms with Gasteiger partial charge in [0.1, 0.15) is 11.3 Å². The first-order valence-electron chi connectivity index (χ1n) is 10.1. The van der Waals surface area contributed by atoms with Crippen LogP contribution in [0.5, 0.6) is 0 Å². The molecule has 1 fully saturated rings. The van der Waals surface area contributed by atoms with Crippen molar-refractivity contribution in [2.45, 2.75) is 77.1 Å². The molecule has 2 atom stereocenters. The number of amides is 1. The molecular weight excluding hydrogens is 369 g/mol. The van der Waals surface area contributed by atoms with Gasteiger partial charge in [0.2, 0.25) is 0 Å². The molecule has 0 spiro atoms. The first kappa shape index (κ1) is 19.2. The van der Waals surface area contributed by atoms with Crippen molar-refractivity contribution in [3.63, 3.8) is 0 Å². The summed E-state index contributed by atoms with van der Waals surface area (Å²) in [6.07, 6.45) is 1.04. The van der Waals surface area contributed by atoms with Crippen molar-refractivity contribution in [3.8, 4) is 0 Å². The number of hydrogen-bond acceptors (Lipinski definition) is 3. The number of aryl methyl sites for hydroxylation is 3. The van der Waals surface area contributed by atoms with E-state index in [1.807, 2.05) is 6.92 Å². The molecule has 4 rings (SSSR count). The molecule has 152 valence electrons. The van der Waals surface area contributed by atoms with E-state index in [0.29, 0.717) is 35.3 Å². The Morgan fingerprint density at radius 1 is 1.18 bits per heavy atom. The van der Waals surface area contributed by atoms with Crippen LogP contribution in [-0.4, -0.2) is 32.7 Å². The van der Waals surface area contributed by atoms with Gasteiger partial charge in [0.15, 0.2) is 5.65 Å². The minimum atomic E-state index is -4.20. The van der Waals surface area contributed by atoms with E-state index in [2.05, 4.69) is 19.9 Å². The molecular formula is C20H25F3N4O. The van der Waals surface area contributed by atoms with Crippen molar-refractivity contribution in [2.75, 3.05) is 0 Å². The maximum Gasteiger partial charge on any atom is 0.391 e. The standard InChI is InChI=1S/C20H25F3N4O/c1-12-10-15(17-18(24-12)27-9-4-2-3-8-16(27)26-17)19(28)25-14-7-5-6-13(11-14)20(21,22)23/h10,13-14H,2-9,11H2,1H3,(H,25,28)/t13-,14+/m1/s1. The maximum atomic E-state index is 13.1. The van der Waals surface area contributed by atoms with Crippen LogP contribution in [0.2, 0.25) is 0 Å². The predicted octanol–water partition coefficient (Wildman–Crippen LogP) is 4.32. The average Bonchev–Trinajstić information content (AvgIpc) is 2.82. The highest BCUT2D eigenvalue weighted by Gasteiger charge is 2.42. The third-order valence-electron chi connectivity index (χ3n) is 5.91. The van der Waals surface area contributed by atoms with E-state index in [4.69, 9.17) is 0 Å². The number of hydrogen-bond donors (Lipinski definition) is 1. The number of nitrogens with zero attached hydrogens (tertiary/aromatic N) is 3. The van der Waals surface area contributed by atoms with Gasteiger partial charge >= 0.3 is 6.18 Å². The van der Waals surface area contributed by atoms with Crippen LogP contribution in [0.1, 0.15) is 66.8 Å². The van der Waals surface area contributed by atoms with Crippen LogP contribution in [-0.2, 0) is 13.0 Å². The normalized spacial score (nSPS) is 23.3. The van der Waals surface area contributed by atoms with E-state index in [-0.39, 0.29) is 18.7 Å². The molecule has 1 aliphatic carbocycles. The van der Waals surface area contributed by atoms with Gasteiger partial charge in [-0.15, -0.1) is 0 Å². The van der Waals surface area contributed by atoms with E-state index in [1.54, 1.807) is 6.07 Å². The van der Waals surface area contributed by atoms with Gasteiger partial charge in [-0.3, -0.25) is 4.79 Å². The number of imidazole rings is 1. The maximum absolute atomic E-state index is 13.1. The largest absolute Gasteiger partial charge is 0.391 e. The summed E-state index contributed by atoms with van der Waals surface area (Å²) in [5.41, 5.74) is 2.39. The molecule has 0 unspecified atom stereocenters. The molecule has 0 aromatic carbocycles. The van der Waals surface area contributed by atoms with Crippen molar-refractivity contribution >= 4 is 17.1 Å². The quantitative estimate of drug-likeness (QED) is 0.825. The number of alkyl halides is 3. The molecule has 5 nitrogen and oxygen atoms in total. The molecule has 1 saturated carbocycles. The minimum absolute atomic E-state index is 0.0534. The Kier molecular flexibility index (Phi) is 5.05. The number of carbonyl (C=O) groups excluding carboxylic acids is 1. The molecule has 0 bridgehead atoms. The summed E-state index contributed by atoms with van der Waals surface area (Å²) < 4.78 is 41.3. The van der Waals surface area contributed by atoms with Gasteiger partial charge in [-0.25, -0.2) is 9.97 Å². The van der Waals surface area contributed by atoms with Crippen molar-refractivity contribution in [3.05, 3.63) is 23.1 Å². The van der Waals surface area contributed by atoms with E-state index < -0.39 is 18.1 Å². The molecule has 0 radical (unpaired) electrons. The summed E-state index contributed by atoms with van der Waals surface area (Å²) in [7, 11) is 0. The van der Waals surface area contributed by atoms with Crippen molar-refractivity contribution in [1.82, 2.24) is 19.9 Å². The first-order chi connectivity index (χ1) is 13.3. The Labute approximate surface area is 161 Å². The molecule has 0 saturated heterocycles. The smallest absolute Gasteiger partial charge is 0.349 e. The van der Waals surface area contributed by atoms with Gasteiger partial charge in [0.25, 0.3) is 5.91 Å². The molecule has 1 amide bonds. The van der Waals surface area contributed by atoms with Gasteiger partial charge in [0.05, 0.1) is 11.5 Å². The highest BCUT2D eigenvalue weighted by Crippen LogP contribution is 2.37. The molecule has 28 heavy (non-hydrogen) atoms. The van der Waals surface area contributed by atoms with Crippen LogP contribution in [0, 0.1) is 12.8 Å². The lowest BCUT2D eigenvalue weighted by atomic mass is 9.85. The van der Waals surface area contributed by atoms with E-state index in [9.17, 15) is 18.0 Å². The number of pyridine rings is 1. The monoisotopic (exact) mass is 394 g/mol. The summed E-state index contributed by atoms with van der Waals surface area (Å²) >= 11 is 0. The summed E-state index contributed by atoms with van der Waals surface area (Å²) in [6, 6.07) is 1.23. The zero-order chi connectivity index (χ0) is 19.9. The Bertz CT molecular complexity index is 890. The molecule has 2 aromatic rings. The number of carbonyl (C=O) groups is 1. The van der Waals surface area contributed by atoms with Crippen LogP contribution in [0.4, 0.5) is 13.2 Å². The van der Waals surface area contributed by atoms with Gasteiger partial charge in [-0.1, -0.05) is 12.8 Å². The van der Waals surface area contributed by atoms with E-state index in [0.717, 1.165) is 38.1 Å². The van der Waals surface area contributed by atoms with Crippen LogP contribution in [0.25, 0.3) is 11.2 Å². The predicted molar refractivity (Wildman–Crippen MR) is 99.1 cm³/mol. The SMILES string of the molecule is Cc1cc(C(=O)N[C@H]2CCC[C@@H](C(F)(F)F)C2)c2nc3n(c2n1)CCCCC3. The van der Waals surface area contributed by atoms with Crippen LogP contribution >= 0.6 is 0 Å². The minimum Gasteiger partial charge on any atom is -0.349 e. The Morgan fingerprint density at radius 3 is 2.79 bits per heavy atom. The topological polar surface area (TPSA) is 59.8 Å². The molecule has 1 aliphatic heterocycles. The summed E-state index contributed by atoms with van der Waals surface area (Å²) in [5, 5.41) is 2.83. The van der Waals surface area contributed by atoms with Crippen molar-refractivity contribution in [2.24, 2.45) is 5.92 Å². The Morgan fingerprint density at radius 2 is 2.00 bits per heavy atom. The summed E-state index contributed by atoms with van der Waals surface area (Å²) in [6.45, 7) is 2.66. The van der Waals surface area contributed by atoms with Crippen molar-refractivity contribution < 1.29 is 18.0 Å². The van der Waals surface area contributed by atoms with Crippen LogP contribution < -0.4 is 5.32 Å². The zero-order valence-electron chi connectivity index (χ0n) is 16.0. The molecule has 2 aliphatic rings. The van der Waals surface area contributed by atoms with Crippen molar-refractivity contribution in [1.29, 1.82) is 0 Å². The lowest BCUT2D eigenvalue weighted by molar-refractivity contribution is -0.183. The van der Waals surface area contributed by atoms with Crippen LogP contribution in [0.15, 0.2) is 6.07 Å². The first-order valence-corrected chi connectivity index (χ1v) is 10.1. The number of rotatable bonds is 2. The molecule has 3 heterocycles. The summed E-state index contributed by atoms with van der Waals surface area (Å²) in [5.74, 6) is -0.750. The number of nitrogens with one attached hydrogen (secondary N) is 1. The lowest BCUT2D eigenvalue weighted by Crippen LogP contribution is -2.41. The third-order valence-corrected chi connectivity index (χ3v) is 5.91. The van der Waals surface area contributed by atoms with Gasteiger partial charge in [0, 0.05) is 24.7 Å². The van der Waals surface area contributed by atoms with Crippen LogP contribution in [0.3, 0.4) is 0 Å². The van der Waals surface area contributed by atoms with Gasteiger partial charge < -0.3 is 9.88 Å². The second-order valence-corrected chi connectivity index (χ2v) is 8.05. The second kappa shape index (κ2) is 7.37. The second-order valence-electron chi connectivity index (χ2n) is 8.05. The van der Waals surface area contributed by atoms with Gasteiger partial charge in [-0.05, 0) is 45.1 Å². The fourth-order valence-corrected chi connectivity index (χ4v) is 4.47. The van der Waals surface area contributed by atoms with E-state index >= 15 is 0 Å². The highest BCUT2D eigenvalue weighted by molar-refractivity contribution is 6.04. The van der Waals surface area contributed by atoms with E-state index in [1.165, 1.54) is 0 Å². The molecule has 2 aromatic heterocycles. The average molecular weight is 394 g/mol. The third kappa shape index (κ3) is 3.73. The number of aromatic nitrogens is 3. The molecule has 1 N–H and O–H groups in total. The zero-order valence-corrected chi connectivity index (χ0v) is 16.0. The Balaban J connectivity index is 1.61. The summed E-state index contributed by atoms with van der Waals surface area (Å²) in [4.78, 5) is 22.2. The molecule has 8 heteroatoms. The fraction of sp³-hybridized carbons (Fsp3) is 0.650.